The van der Waals surface area contributed by atoms with Crippen LogP contribution in [-0.2, 0) is 14.8 Å². The first-order valence-electron chi connectivity index (χ1n) is 4.66. The minimum absolute atomic E-state index is 0.0516. The molecule has 94 valence electrons. The van der Waals surface area contributed by atoms with Gasteiger partial charge in [0, 0.05) is 22.3 Å². The molecule has 1 aromatic carbocycles. The number of nitro benzene ring substituents is 1. The fourth-order valence-corrected chi connectivity index (χ4v) is 2.28. The van der Waals surface area contributed by atoms with E-state index in [0.29, 0.717) is 0 Å². The molecule has 0 radical (unpaired) electrons. The van der Waals surface area contributed by atoms with E-state index in [-0.39, 0.29) is 23.6 Å². The lowest BCUT2D eigenvalue weighted by Crippen LogP contribution is -2.04. The summed E-state index contributed by atoms with van der Waals surface area (Å²) in [5, 5.41) is 10.8. The molecule has 1 rings (SSSR count). The highest BCUT2D eigenvalue weighted by Gasteiger charge is 2.21. The molecule has 0 aliphatic carbocycles. The van der Waals surface area contributed by atoms with Crippen LogP contribution < -0.4 is 4.74 Å². The summed E-state index contributed by atoms with van der Waals surface area (Å²) < 4.78 is 27.1. The highest BCUT2D eigenvalue weighted by atomic mass is 35.7. The summed E-state index contributed by atoms with van der Waals surface area (Å²) in [7, 11) is 1.33. The number of hydrogen-bond acceptors (Lipinski definition) is 5. The number of nitro groups is 1. The second kappa shape index (κ2) is 5.33. The van der Waals surface area contributed by atoms with Gasteiger partial charge in [0.05, 0.1) is 17.3 Å². The smallest absolute Gasteiger partial charge is 0.311 e. The molecule has 0 bridgehead atoms. The third-order valence-electron chi connectivity index (χ3n) is 1.89. The van der Waals surface area contributed by atoms with Gasteiger partial charge < -0.3 is 4.74 Å². The zero-order valence-corrected chi connectivity index (χ0v) is 10.5. The Hall–Kier alpha value is -1.34. The molecular weight excluding hydrogens is 270 g/mol. The molecule has 0 amide bonds. The molecule has 0 spiro atoms. The zero-order valence-electron chi connectivity index (χ0n) is 8.92. The minimum atomic E-state index is -3.79. The van der Waals surface area contributed by atoms with Crippen molar-refractivity contribution in [3.8, 4) is 5.75 Å². The Morgan fingerprint density at radius 1 is 1.47 bits per heavy atom. The van der Waals surface area contributed by atoms with Crippen molar-refractivity contribution in [2.24, 2.45) is 0 Å². The van der Waals surface area contributed by atoms with Crippen LogP contribution >= 0.6 is 10.7 Å². The predicted molar refractivity (Wildman–Crippen MR) is 62.7 cm³/mol. The van der Waals surface area contributed by atoms with Crippen LogP contribution in [0.4, 0.5) is 5.69 Å². The Balaban J connectivity index is 3.29. The standard InChI is InChI=1S/C9H10ClNO5S/c1-2-16-9-7(6-17(10,14)15)4-3-5-8(9)11(12)13/h3-5H,2,6H2,1H3. The van der Waals surface area contributed by atoms with Crippen molar-refractivity contribution in [3.63, 3.8) is 0 Å². The van der Waals surface area contributed by atoms with Crippen molar-refractivity contribution in [2.45, 2.75) is 12.7 Å². The quantitative estimate of drug-likeness (QED) is 0.468. The molecule has 0 aliphatic rings. The minimum Gasteiger partial charge on any atom is -0.487 e. The van der Waals surface area contributed by atoms with E-state index in [1.807, 2.05) is 0 Å². The van der Waals surface area contributed by atoms with Crippen LogP contribution in [0.2, 0.25) is 0 Å². The molecule has 1 aromatic rings. The average Bonchev–Trinajstić information content (AvgIpc) is 2.18. The molecule has 0 aliphatic heterocycles. The second-order valence-corrected chi connectivity index (χ2v) is 5.92. The molecule has 0 N–H and O–H groups in total. The lowest BCUT2D eigenvalue weighted by Gasteiger charge is -2.08. The fraction of sp³-hybridized carbons (Fsp3) is 0.333. The lowest BCUT2D eigenvalue weighted by molar-refractivity contribution is -0.385. The molecule has 0 saturated carbocycles. The lowest BCUT2D eigenvalue weighted by atomic mass is 10.2. The SMILES string of the molecule is CCOc1c(CS(=O)(=O)Cl)cccc1[N+](=O)[O-]. The van der Waals surface area contributed by atoms with E-state index in [1.54, 1.807) is 6.92 Å². The van der Waals surface area contributed by atoms with Crippen LogP contribution in [0.1, 0.15) is 12.5 Å². The molecule has 0 aromatic heterocycles. The Bertz CT molecular complexity index is 528. The number of halogens is 1. The largest absolute Gasteiger partial charge is 0.487 e. The van der Waals surface area contributed by atoms with Gasteiger partial charge in [-0.2, -0.15) is 0 Å². The number of hydrogen-bond donors (Lipinski definition) is 0. The highest BCUT2D eigenvalue weighted by molar-refractivity contribution is 8.13. The molecule has 17 heavy (non-hydrogen) atoms. The first-order valence-corrected chi connectivity index (χ1v) is 7.14. The summed E-state index contributed by atoms with van der Waals surface area (Å²) in [5.74, 6) is -0.560. The summed E-state index contributed by atoms with van der Waals surface area (Å²) in [6.45, 7) is 1.84. The van der Waals surface area contributed by atoms with Gasteiger partial charge in [-0.3, -0.25) is 10.1 Å². The molecule has 6 nitrogen and oxygen atoms in total. The van der Waals surface area contributed by atoms with Crippen LogP contribution in [-0.4, -0.2) is 19.9 Å². The molecule has 0 heterocycles. The van der Waals surface area contributed by atoms with E-state index < -0.39 is 19.7 Å². The molecule has 0 atom stereocenters. The summed E-state index contributed by atoms with van der Waals surface area (Å²) >= 11 is 0. The third-order valence-corrected chi connectivity index (χ3v) is 2.87. The maximum absolute atomic E-state index is 11.0. The molecule has 0 saturated heterocycles. The van der Waals surface area contributed by atoms with Crippen LogP contribution in [0.3, 0.4) is 0 Å². The van der Waals surface area contributed by atoms with Gasteiger partial charge in [0.15, 0.2) is 0 Å². The Kier molecular flexibility index (Phi) is 4.30. The molecule has 0 unspecified atom stereocenters. The molecule has 0 fully saturated rings. The maximum Gasteiger partial charge on any atom is 0.311 e. The van der Waals surface area contributed by atoms with Crippen molar-refractivity contribution in [1.82, 2.24) is 0 Å². The van der Waals surface area contributed by atoms with Crippen molar-refractivity contribution in [2.75, 3.05) is 6.61 Å². The normalized spacial score (nSPS) is 11.2. The summed E-state index contributed by atoms with van der Waals surface area (Å²) in [6.07, 6.45) is 0. The van der Waals surface area contributed by atoms with Crippen molar-refractivity contribution < 1.29 is 18.1 Å². The maximum atomic E-state index is 11.0. The second-order valence-electron chi connectivity index (χ2n) is 3.14. The first kappa shape index (κ1) is 13.7. The van der Waals surface area contributed by atoms with Gasteiger partial charge in [0.1, 0.15) is 0 Å². The predicted octanol–water partition coefficient (Wildman–Crippen LogP) is 2.06. The number of para-hydroxylation sites is 1. The van der Waals surface area contributed by atoms with Gasteiger partial charge in [0.2, 0.25) is 14.8 Å². The van der Waals surface area contributed by atoms with Crippen LogP contribution in [0.15, 0.2) is 18.2 Å². The monoisotopic (exact) mass is 279 g/mol. The van der Waals surface area contributed by atoms with Crippen LogP contribution in [0, 0.1) is 10.1 Å². The Morgan fingerprint density at radius 2 is 2.12 bits per heavy atom. The van der Waals surface area contributed by atoms with Gasteiger partial charge in [-0.25, -0.2) is 8.42 Å². The fourth-order valence-electron chi connectivity index (χ4n) is 1.33. The van der Waals surface area contributed by atoms with Crippen molar-refractivity contribution >= 4 is 25.4 Å². The number of benzene rings is 1. The van der Waals surface area contributed by atoms with Gasteiger partial charge in [0.25, 0.3) is 0 Å². The van der Waals surface area contributed by atoms with Gasteiger partial charge in [-0.1, -0.05) is 12.1 Å². The number of rotatable bonds is 5. The summed E-state index contributed by atoms with van der Waals surface area (Å²) in [6, 6.07) is 4.06. The van der Waals surface area contributed by atoms with Gasteiger partial charge >= 0.3 is 5.69 Å². The van der Waals surface area contributed by atoms with Gasteiger partial charge in [-0.15, -0.1) is 0 Å². The zero-order chi connectivity index (χ0) is 13.1. The van der Waals surface area contributed by atoms with E-state index in [9.17, 15) is 18.5 Å². The Morgan fingerprint density at radius 3 is 2.59 bits per heavy atom. The van der Waals surface area contributed by atoms with E-state index in [4.69, 9.17) is 15.4 Å². The third kappa shape index (κ3) is 3.86. The van der Waals surface area contributed by atoms with E-state index in [2.05, 4.69) is 0 Å². The molecular formula is C9H10ClNO5S. The van der Waals surface area contributed by atoms with Crippen LogP contribution in [0.25, 0.3) is 0 Å². The summed E-state index contributed by atoms with van der Waals surface area (Å²) in [4.78, 5) is 10.1. The summed E-state index contributed by atoms with van der Waals surface area (Å²) in [5.41, 5.74) is -0.0966. The number of nitrogens with zero attached hydrogens (tertiary/aromatic N) is 1. The van der Waals surface area contributed by atoms with E-state index >= 15 is 0 Å². The van der Waals surface area contributed by atoms with Crippen LogP contribution in [0.5, 0.6) is 5.75 Å². The topological polar surface area (TPSA) is 86.5 Å². The van der Waals surface area contributed by atoms with Crippen molar-refractivity contribution in [1.29, 1.82) is 0 Å². The first-order chi connectivity index (χ1) is 7.85. The van der Waals surface area contributed by atoms with E-state index in [0.717, 1.165) is 0 Å². The van der Waals surface area contributed by atoms with E-state index in [1.165, 1.54) is 18.2 Å². The molecule has 8 heteroatoms. The van der Waals surface area contributed by atoms with Gasteiger partial charge in [-0.05, 0) is 6.92 Å². The highest BCUT2D eigenvalue weighted by Crippen LogP contribution is 2.32. The average molecular weight is 280 g/mol. The Labute approximate surface area is 103 Å². The number of ether oxygens (including phenoxy) is 1. The van der Waals surface area contributed by atoms with Crippen molar-refractivity contribution in [3.05, 3.63) is 33.9 Å².